The topological polar surface area (TPSA) is 69.0 Å². The first-order valence-corrected chi connectivity index (χ1v) is 11.2. The van der Waals surface area contributed by atoms with Gasteiger partial charge in [-0.15, -0.1) is 16.8 Å². The molecule has 1 amide bonds. The molecule has 0 aliphatic rings. The molecule has 0 spiro atoms. The Morgan fingerprint density at radius 2 is 1.90 bits per heavy atom. The molecule has 0 saturated carbocycles. The van der Waals surface area contributed by atoms with Gasteiger partial charge in [0.1, 0.15) is 12.4 Å². The molecule has 1 heterocycles. The van der Waals surface area contributed by atoms with E-state index in [1.54, 1.807) is 24.3 Å². The zero-order chi connectivity index (χ0) is 22.4. The summed E-state index contributed by atoms with van der Waals surface area (Å²) in [4.78, 5) is 12.4. The number of hydrogen-bond acceptors (Lipinski definition) is 5. The third-order valence-corrected chi connectivity index (χ3v) is 5.84. The fourth-order valence-corrected chi connectivity index (χ4v) is 3.97. The van der Waals surface area contributed by atoms with E-state index in [9.17, 15) is 4.79 Å². The third-order valence-electron chi connectivity index (χ3n) is 4.40. The number of anilines is 1. The Hall–Kier alpha value is -2.48. The Kier molecular flexibility index (Phi) is 8.01. The number of benzene rings is 2. The quantitative estimate of drug-likeness (QED) is 0.316. The zero-order valence-electron chi connectivity index (χ0n) is 17.2. The molecule has 6 nitrogen and oxygen atoms in total. The summed E-state index contributed by atoms with van der Waals surface area (Å²) in [5, 5.41) is 13.2. The zero-order valence-corrected chi connectivity index (χ0v) is 19.5. The number of allylic oxidation sites excluding steroid dienone is 1. The number of rotatable bonds is 9. The summed E-state index contributed by atoms with van der Waals surface area (Å²) in [5.74, 6) is 1.39. The SMILES string of the molecule is C=CCn1c(COc2ccc(Cl)cc2C)nnc1SCC(=O)Nc1cc(Cl)ccc1C. The van der Waals surface area contributed by atoms with Gasteiger partial charge < -0.3 is 10.1 Å². The fraction of sp³-hybridized carbons (Fsp3) is 0.227. The van der Waals surface area contributed by atoms with Crippen LogP contribution in [0.2, 0.25) is 10.0 Å². The molecule has 0 radical (unpaired) electrons. The maximum absolute atomic E-state index is 12.4. The highest BCUT2D eigenvalue weighted by Crippen LogP contribution is 2.24. The largest absolute Gasteiger partial charge is 0.485 e. The molecule has 162 valence electrons. The average molecular weight is 477 g/mol. The minimum atomic E-state index is -0.155. The van der Waals surface area contributed by atoms with Crippen molar-refractivity contribution < 1.29 is 9.53 Å². The molecule has 0 bridgehead atoms. The van der Waals surface area contributed by atoms with Crippen LogP contribution < -0.4 is 10.1 Å². The van der Waals surface area contributed by atoms with Gasteiger partial charge in [-0.3, -0.25) is 9.36 Å². The molecule has 0 aliphatic carbocycles. The van der Waals surface area contributed by atoms with E-state index in [1.807, 2.05) is 36.6 Å². The van der Waals surface area contributed by atoms with Crippen molar-refractivity contribution in [2.24, 2.45) is 0 Å². The summed E-state index contributed by atoms with van der Waals surface area (Å²) in [7, 11) is 0. The maximum Gasteiger partial charge on any atom is 0.234 e. The van der Waals surface area contributed by atoms with Crippen molar-refractivity contribution in [3.8, 4) is 5.75 Å². The molecule has 0 atom stereocenters. The number of nitrogens with zero attached hydrogens (tertiary/aromatic N) is 3. The molecule has 2 aromatic carbocycles. The number of amides is 1. The molecule has 9 heteroatoms. The van der Waals surface area contributed by atoms with Crippen molar-refractivity contribution in [2.45, 2.75) is 32.2 Å². The van der Waals surface area contributed by atoms with Crippen molar-refractivity contribution in [2.75, 3.05) is 11.1 Å². The van der Waals surface area contributed by atoms with Crippen LogP contribution in [-0.2, 0) is 17.9 Å². The molecule has 31 heavy (non-hydrogen) atoms. The summed E-state index contributed by atoms with van der Waals surface area (Å²) in [5.41, 5.74) is 2.57. The maximum atomic E-state index is 12.4. The monoisotopic (exact) mass is 476 g/mol. The number of nitrogens with one attached hydrogen (secondary N) is 1. The van der Waals surface area contributed by atoms with Gasteiger partial charge in [0.2, 0.25) is 5.91 Å². The van der Waals surface area contributed by atoms with Crippen LogP contribution in [0.1, 0.15) is 17.0 Å². The van der Waals surface area contributed by atoms with E-state index in [4.69, 9.17) is 27.9 Å². The summed E-state index contributed by atoms with van der Waals surface area (Å²) in [6.07, 6.45) is 1.75. The number of hydrogen-bond donors (Lipinski definition) is 1. The van der Waals surface area contributed by atoms with E-state index in [0.717, 1.165) is 16.9 Å². The predicted molar refractivity (Wildman–Crippen MR) is 126 cm³/mol. The van der Waals surface area contributed by atoms with E-state index < -0.39 is 0 Å². The summed E-state index contributed by atoms with van der Waals surface area (Å²) in [6.45, 7) is 8.37. The molecular formula is C22H22Cl2N4O2S. The molecular weight excluding hydrogens is 455 g/mol. The predicted octanol–water partition coefficient (Wildman–Crippen LogP) is 5.70. The number of halogens is 2. The van der Waals surface area contributed by atoms with Crippen LogP contribution in [0.3, 0.4) is 0 Å². The highest BCUT2D eigenvalue weighted by atomic mass is 35.5. The van der Waals surface area contributed by atoms with Gasteiger partial charge in [-0.1, -0.05) is 47.1 Å². The summed E-state index contributed by atoms with van der Waals surface area (Å²) in [6, 6.07) is 10.8. The Balaban J connectivity index is 1.64. The second-order valence-corrected chi connectivity index (χ2v) is 8.61. The second kappa shape index (κ2) is 10.7. The molecule has 3 aromatic rings. The van der Waals surface area contributed by atoms with Crippen LogP contribution in [0.25, 0.3) is 0 Å². The van der Waals surface area contributed by atoms with Crippen LogP contribution in [0.4, 0.5) is 5.69 Å². The Morgan fingerprint density at radius 1 is 1.16 bits per heavy atom. The summed E-state index contributed by atoms with van der Waals surface area (Å²) >= 11 is 13.3. The lowest BCUT2D eigenvalue weighted by Crippen LogP contribution is -2.15. The van der Waals surface area contributed by atoms with Gasteiger partial charge in [-0.05, 0) is 55.3 Å². The van der Waals surface area contributed by atoms with Crippen LogP contribution in [0.5, 0.6) is 5.75 Å². The Morgan fingerprint density at radius 3 is 2.65 bits per heavy atom. The van der Waals surface area contributed by atoms with Crippen molar-refractivity contribution in [3.05, 3.63) is 76.0 Å². The molecule has 1 N–H and O–H groups in total. The molecule has 0 fully saturated rings. The number of aryl methyl sites for hydroxylation is 2. The minimum Gasteiger partial charge on any atom is -0.485 e. The standard InChI is InChI=1S/C22H22Cl2N4O2S/c1-4-9-28-20(12-30-19-8-7-16(23)10-15(19)3)26-27-22(28)31-13-21(29)25-18-11-17(24)6-5-14(18)2/h4-8,10-11H,1,9,12-13H2,2-3H3,(H,25,29). The number of carbonyl (C=O) groups excluding carboxylic acids is 1. The number of thioether (sulfide) groups is 1. The lowest BCUT2D eigenvalue weighted by molar-refractivity contribution is -0.113. The van der Waals surface area contributed by atoms with Crippen molar-refractivity contribution in [1.82, 2.24) is 14.8 Å². The van der Waals surface area contributed by atoms with E-state index >= 15 is 0 Å². The first kappa shape index (κ1) is 23.2. The lowest BCUT2D eigenvalue weighted by atomic mass is 10.2. The Labute approximate surface area is 195 Å². The highest BCUT2D eigenvalue weighted by Gasteiger charge is 2.15. The van der Waals surface area contributed by atoms with E-state index in [0.29, 0.717) is 33.3 Å². The van der Waals surface area contributed by atoms with E-state index in [2.05, 4.69) is 22.1 Å². The average Bonchev–Trinajstić information content (AvgIpc) is 3.10. The first-order chi connectivity index (χ1) is 14.9. The van der Waals surface area contributed by atoms with Gasteiger partial charge in [0.05, 0.1) is 5.75 Å². The van der Waals surface area contributed by atoms with Crippen LogP contribution in [-0.4, -0.2) is 26.4 Å². The van der Waals surface area contributed by atoms with E-state index in [1.165, 1.54) is 11.8 Å². The van der Waals surface area contributed by atoms with Crippen molar-refractivity contribution in [3.63, 3.8) is 0 Å². The third kappa shape index (κ3) is 6.26. The van der Waals surface area contributed by atoms with Crippen LogP contribution >= 0.6 is 35.0 Å². The molecule has 0 aliphatic heterocycles. The smallest absolute Gasteiger partial charge is 0.234 e. The number of carbonyl (C=O) groups is 1. The van der Waals surface area contributed by atoms with Gasteiger partial charge in [-0.2, -0.15) is 0 Å². The first-order valence-electron chi connectivity index (χ1n) is 9.48. The van der Waals surface area contributed by atoms with E-state index in [-0.39, 0.29) is 18.3 Å². The highest BCUT2D eigenvalue weighted by molar-refractivity contribution is 7.99. The Bertz CT molecular complexity index is 1100. The number of ether oxygens (including phenoxy) is 1. The molecule has 0 unspecified atom stereocenters. The van der Waals surface area contributed by atoms with Crippen LogP contribution in [0.15, 0.2) is 54.2 Å². The number of aromatic nitrogens is 3. The van der Waals surface area contributed by atoms with Crippen molar-refractivity contribution in [1.29, 1.82) is 0 Å². The summed E-state index contributed by atoms with van der Waals surface area (Å²) < 4.78 is 7.77. The fourth-order valence-electron chi connectivity index (χ4n) is 2.81. The molecule has 0 saturated heterocycles. The molecule has 1 aromatic heterocycles. The lowest BCUT2D eigenvalue weighted by Gasteiger charge is -2.11. The van der Waals surface area contributed by atoms with Crippen molar-refractivity contribution >= 4 is 46.6 Å². The van der Waals surface area contributed by atoms with Crippen LogP contribution in [0, 0.1) is 13.8 Å². The van der Waals surface area contributed by atoms with Gasteiger partial charge in [0.15, 0.2) is 11.0 Å². The normalized spacial score (nSPS) is 10.7. The van der Waals surface area contributed by atoms with Gasteiger partial charge in [-0.25, -0.2) is 0 Å². The molecule has 3 rings (SSSR count). The van der Waals surface area contributed by atoms with Gasteiger partial charge >= 0.3 is 0 Å². The second-order valence-electron chi connectivity index (χ2n) is 6.79. The van der Waals surface area contributed by atoms with Gasteiger partial charge in [0.25, 0.3) is 0 Å². The van der Waals surface area contributed by atoms with Gasteiger partial charge in [0, 0.05) is 22.3 Å². The minimum absolute atomic E-state index is 0.155.